The molecule has 0 bridgehead atoms. The highest BCUT2D eigenvalue weighted by Gasteiger charge is 2.20. The third-order valence-corrected chi connectivity index (χ3v) is 10.0. The standard InChI is InChI=1S/C25H23ClFN5O3.C19H12Cl2FN3O2/c1-16(33)31-9-11-32(12-10-31)23-8-5-18(15-28-23)25(35)29-20-6-7-21(26)22(14-20)30-24(34)17-3-2-4-19(27)13-17;20-15-6-5-14(24-19(27)12-4-7-17(21)23-10-12)9-16(15)25-18(26)11-2-1-3-13(22)8-11/h2-8,13-15H,9-12H2,1H3,(H,29,35)(H,30,34);1-10H,(H,24,27)(H,25,26). The molecule has 7 rings (SSSR count). The summed E-state index contributed by atoms with van der Waals surface area (Å²) in [4.78, 5) is 73.3. The quantitative estimate of drug-likeness (QED) is 0.104. The number of pyridine rings is 2. The molecule has 0 spiro atoms. The average Bonchev–Trinajstić information content (AvgIpc) is 3.26. The molecule has 0 radical (unpaired) electrons. The third kappa shape index (κ3) is 12.1. The summed E-state index contributed by atoms with van der Waals surface area (Å²) in [6.45, 7) is 4.17. The Hall–Kier alpha value is -6.94. The number of rotatable bonds is 9. The van der Waals surface area contributed by atoms with Crippen LogP contribution >= 0.6 is 34.8 Å². The molecule has 62 heavy (non-hydrogen) atoms. The van der Waals surface area contributed by atoms with Crippen LogP contribution in [0.3, 0.4) is 0 Å². The number of hydrogen-bond acceptors (Lipinski definition) is 8. The number of piperazine rings is 1. The van der Waals surface area contributed by atoms with E-state index in [0.717, 1.165) is 18.0 Å². The van der Waals surface area contributed by atoms with Gasteiger partial charge in [0.15, 0.2) is 0 Å². The Labute approximate surface area is 369 Å². The molecule has 316 valence electrons. The van der Waals surface area contributed by atoms with E-state index in [2.05, 4.69) is 36.1 Å². The number of carbonyl (C=O) groups is 5. The van der Waals surface area contributed by atoms with Crippen molar-refractivity contribution in [3.8, 4) is 0 Å². The Morgan fingerprint density at radius 3 is 1.42 bits per heavy atom. The molecule has 1 saturated heterocycles. The van der Waals surface area contributed by atoms with Crippen LogP contribution in [-0.2, 0) is 4.79 Å². The summed E-state index contributed by atoms with van der Waals surface area (Å²) in [5.74, 6) is -2.09. The van der Waals surface area contributed by atoms with Crippen LogP contribution in [0.5, 0.6) is 0 Å². The molecule has 4 aromatic carbocycles. The van der Waals surface area contributed by atoms with Gasteiger partial charge in [-0.15, -0.1) is 0 Å². The van der Waals surface area contributed by atoms with Gasteiger partial charge < -0.3 is 31.1 Å². The molecule has 13 nitrogen and oxygen atoms in total. The van der Waals surface area contributed by atoms with Crippen LogP contribution in [0.1, 0.15) is 48.4 Å². The number of anilines is 5. The number of nitrogens with zero attached hydrogens (tertiary/aromatic N) is 4. The van der Waals surface area contributed by atoms with Gasteiger partial charge in [0.05, 0.1) is 32.5 Å². The molecule has 3 heterocycles. The zero-order valence-electron chi connectivity index (χ0n) is 32.6. The first-order valence-corrected chi connectivity index (χ1v) is 19.8. The van der Waals surface area contributed by atoms with Crippen LogP contribution in [-0.4, -0.2) is 70.6 Å². The van der Waals surface area contributed by atoms with E-state index in [1.807, 2.05) is 0 Å². The Morgan fingerprint density at radius 2 is 1.00 bits per heavy atom. The molecule has 2 aromatic heterocycles. The lowest BCUT2D eigenvalue weighted by Gasteiger charge is -2.34. The van der Waals surface area contributed by atoms with Gasteiger partial charge in [0, 0.05) is 68.0 Å². The first-order chi connectivity index (χ1) is 29.7. The van der Waals surface area contributed by atoms with Crippen LogP contribution in [0, 0.1) is 11.6 Å². The molecule has 1 fully saturated rings. The van der Waals surface area contributed by atoms with Gasteiger partial charge in [0.1, 0.15) is 22.6 Å². The fraction of sp³-hybridized carbons (Fsp3) is 0.114. The van der Waals surface area contributed by atoms with E-state index in [4.69, 9.17) is 34.8 Å². The molecule has 0 unspecified atom stereocenters. The molecule has 0 atom stereocenters. The second-order valence-corrected chi connectivity index (χ2v) is 14.7. The molecule has 4 N–H and O–H groups in total. The van der Waals surface area contributed by atoms with Crippen LogP contribution < -0.4 is 26.2 Å². The predicted molar refractivity (Wildman–Crippen MR) is 235 cm³/mol. The summed E-state index contributed by atoms with van der Waals surface area (Å²) >= 11 is 18.0. The van der Waals surface area contributed by atoms with Gasteiger partial charge in [-0.05, 0) is 97.1 Å². The van der Waals surface area contributed by atoms with E-state index in [1.165, 1.54) is 79.1 Å². The average molecular weight is 900 g/mol. The van der Waals surface area contributed by atoms with Crippen molar-refractivity contribution in [1.29, 1.82) is 0 Å². The van der Waals surface area contributed by atoms with E-state index in [1.54, 1.807) is 42.2 Å². The molecule has 6 aromatic rings. The normalized spacial score (nSPS) is 12.0. The monoisotopic (exact) mass is 898 g/mol. The van der Waals surface area contributed by atoms with E-state index in [0.29, 0.717) is 48.7 Å². The minimum atomic E-state index is -0.529. The van der Waals surface area contributed by atoms with Gasteiger partial charge in [-0.1, -0.05) is 46.9 Å². The summed E-state index contributed by atoms with van der Waals surface area (Å²) < 4.78 is 26.7. The smallest absolute Gasteiger partial charge is 0.257 e. The fourth-order valence-corrected chi connectivity index (χ4v) is 6.36. The second-order valence-electron chi connectivity index (χ2n) is 13.5. The number of carbonyl (C=O) groups excluding carboxylic acids is 5. The number of hydrogen-bond donors (Lipinski definition) is 4. The van der Waals surface area contributed by atoms with Crippen molar-refractivity contribution in [1.82, 2.24) is 14.9 Å². The lowest BCUT2D eigenvalue weighted by atomic mass is 10.2. The van der Waals surface area contributed by atoms with E-state index < -0.39 is 29.4 Å². The second kappa shape index (κ2) is 20.5. The first kappa shape index (κ1) is 44.6. The molecule has 0 aliphatic carbocycles. The summed E-state index contributed by atoms with van der Waals surface area (Å²) in [7, 11) is 0. The summed E-state index contributed by atoms with van der Waals surface area (Å²) in [6.07, 6.45) is 2.84. The topological polar surface area (TPSA) is 166 Å². The third-order valence-electron chi connectivity index (χ3n) is 9.17. The molecule has 0 saturated carbocycles. The predicted octanol–water partition coefficient (Wildman–Crippen LogP) is 9.08. The highest BCUT2D eigenvalue weighted by atomic mass is 35.5. The lowest BCUT2D eigenvalue weighted by molar-refractivity contribution is -0.129. The first-order valence-electron chi connectivity index (χ1n) is 18.7. The number of nitrogens with one attached hydrogen (secondary N) is 4. The molecule has 5 amide bonds. The molecule has 1 aliphatic heterocycles. The number of benzene rings is 4. The van der Waals surface area contributed by atoms with E-state index in [-0.39, 0.29) is 49.5 Å². The number of amides is 5. The van der Waals surface area contributed by atoms with Gasteiger partial charge in [0.2, 0.25) is 5.91 Å². The molecule has 1 aliphatic rings. The Morgan fingerprint density at radius 1 is 0.532 bits per heavy atom. The maximum atomic E-state index is 13.4. The summed E-state index contributed by atoms with van der Waals surface area (Å²) in [5, 5.41) is 11.5. The van der Waals surface area contributed by atoms with Crippen molar-refractivity contribution in [3.05, 3.63) is 171 Å². The SMILES string of the molecule is CC(=O)N1CCN(c2ccc(C(=O)Nc3ccc(Cl)c(NC(=O)c4cccc(F)c4)c3)cn2)CC1.O=C(Nc1ccc(Cl)c(NC(=O)c2cccc(F)c2)c1)c1ccc(Cl)nc1. The highest BCUT2D eigenvalue weighted by Crippen LogP contribution is 2.28. The van der Waals surface area contributed by atoms with Crippen molar-refractivity contribution >= 4 is 92.9 Å². The fourth-order valence-electron chi connectivity index (χ4n) is 5.92. The lowest BCUT2D eigenvalue weighted by Crippen LogP contribution is -2.48. The molecular formula is C44H35Cl3F2N8O5. The maximum absolute atomic E-state index is 13.4. The van der Waals surface area contributed by atoms with Crippen LogP contribution in [0.25, 0.3) is 0 Å². The molecule has 18 heteroatoms. The van der Waals surface area contributed by atoms with Crippen molar-refractivity contribution in [2.24, 2.45) is 0 Å². The number of aromatic nitrogens is 2. The Balaban J connectivity index is 0.000000214. The van der Waals surface area contributed by atoms with Crippen LogP contribution in [0.4, 0.5) is 37.3 Å². The van der Waals surface area contributed by atoms with Gasteiger partial charge in [-0.25, -0.2) is 18.7 Å². The van der Waals surface area contributed by atoms with Crippen molar-refractivity contribution in [2.75, 3.05) is 52.3 Å². The summed E-state index contributed by atoms with van der Waals surface area (Å²) in [5.41, 5.74) is 2.34. The van der Waals surface area contributed by atoms with Crippen molar-refractivity contribution in [3.63, 3.8) is 0 Å². The Kier molecular flexibility index (Phi) is 14.8. The van der Waals surface area contributed by atoms with Crippen molar-refractivity contribution < 1.29 is 32.8 Å². The number of halogens is 5. The van der Waals surface area contributed by atoms with E-state index >= 15 is 0 Å². The zero-order chi connectivity index (χ0) is 44.3. The summed E-state index contributed by atoms with van der Waals surface area (Å²) in [6, 6.07) is 26.3. The minimum Gasteiger partial charge on any atom is -0.353 e. The van der Waals surface area contributed by atoms with Crippen LogP contribution in [0.2, 0.25) is 15.2 Å². The highest BCUT2D eigenvalue weighted by molar-refractivity contribution is 6.34. The van der Waals surface area contributed by atoms with Gasteiger partial charge in [0.25, 0.3) is 23.6 Å². The van der Waals surface area contributed by atoms with E-state index in [9.17, 15) is 32.8 Å². The minimum absolute atomic E-state index is 0.0588. The van der Waals surface area contributed by atoms with Gasteiger partial charge >= 0.3 is 0 Å². The van der Waals surface area contributed by atoms with Crippen LogP contribution in [0.15, 0.2) is 122 Å². The maximum Gasteiger partial charge on any atom is 0.257 e. The Bertz CT molecular complexity index is 2630. The molecular weight excluding hydrogens is 865 g/mol. The largest absolute Gasteiger partial charge is 0.353 e. The van der Waals surface area contributed by atoms with Gasteiger partial charge in [-0.2, -0.15) is 0 Å². The zero-order valence-corrected chi connectivity index (χ0v) is 34.9. The van der Waals surface area contributed by atoms with Gasteiger partial charge in [-0.3, -0.25) is 24.0 Å². The van der Waals surface area contributed by atoms with Crippen molar-refractivity contribution in [2.45, 2.75) is 6.92 Å².